The minimum Gasteiger partial charge on any atom is -0.358 e. The molecule has 4 aromatic rings. The number of amides is 3. The van der Waals surface area contributed by atoms with Crippen LogP contribution in [0, 0.1) is 13.8 Å². The van der Waals surface area contributed by atoms with E-state index >= 15 is 0 Å². The molecule has 3 amide bonds. The molecule has 11 heteroatoms. The Morgan fingerprint density at radius 1 is 0.920 bits per heavy atom. The van der Waals surface area contributed by atoms with E-state index in [0.717, 1.165) is 67.5 Å². The van der Waals surface area contributed by atoms with Gasteiger partial charge in [0.2, 0.25) is 0 Å². The Hall–Kier alpha value is -5.23. The Labute approximate surface area is 293 Å². The maximum absolute atomic E-state index is 13.3. The Morgan fingerprint density at radius 3 is 2.38 bits per heavy atom. The Balaban J connectivity index is 1.13. The van der Waals surface area contributed by atoms with Gasteiger partial charge in [-0.1, -0.05) is 30.3 Å². The van der Waals surface area contributed by atoms with E-state index in [1.807, 2.05) is 99.6 Å². The third-order valence-corrected chi connectivity index (χ3v) is 9.29. The van der Waals surface area contributed by atoms with Crippen LogP contribution in [0.15, 0.2) is 66.7 Å². The summed E-state index contributed by atoms with van der Waals surface area (Å²) in [6.07, 6.45) is 1.80. The third-order valence-electron chi connectivity index (χ3n) is 9.29. The number of nitrogens with one attached hydrogen (secondary N) is 5. The summed E-state index contributed by atoms with van der Waals surface area (Å²) in [5, 5.41) is 12.4. The summed E-state index contributed by atoms with van der Waals surface area (Å²) < 4.78 is 0. The van der Waals surface area contributed by atoms with Crippen molar-refractivity contribution < 1.29 is 14.4 Å². The molecule has 260 valence electrons. The minimum atomic E-state index is -0.228. The normalized spacial score (nSPS) is 15.6. The van der Waals surface area contributed by atoms with Crippen LogP contribution in [-0.2, 0) is 11.3 Å². The number of hydrogen-bond donors (Lipinski definition) is 5. The SMILES string of the molecule is Cc1[nH]c(C=C2C(=O)Nc3c(Nc4cccc(NC(=O)c5ccc(CN6CCN(C)CC6)cc5)c4)cccc32)c(C)c1C(=O)NCCN(C)C. The summed E-state index contributed by atoms with van der Waals surface area (Å²) in [7, 11) is 6.07. The number of rotatable bonds is 11. The number of nitrogens with zero attached hydrogens (tertiary/aromatic N) is 3. The molecule has 0 spiro atoms. The summed E-state index contributed by atoms with van der Waals surface area (Å²) in [6, 6.07) is 21.0. The maximum Gasteiger partial charge on any atom is 0.256 e. The lowest BCUT2D eigenvalue weighted by molar-refractivity contribution is -0.110. The van der Waals surface area contributed by atoms with Crippen LogP contribution in [-0.4, -0.2) is 97.8 Å². The van der Waals surface area contributed by atoms with Gasteiger partial charge in [0, 0.05) is 79.7 Å². The molecule has 6 rings (SSSR count). The topological polar surface area (TPSA) is 125 Å². The zero-order chi connectivity index (χ0) is 35.4. The fourth-order valence-electron chi connectivity index (χ4n) is 6.41. The van der Waals surface area contributed by atoms with Gasteiger partial charge in [-0.15, -0.1) is 0 Å². The number of hydrogen-bond acceptors (Lipinski definition) is 7. The van der Waals surface area contributed by atoms with Crippen LogP contribution < -0.4 is 21.3 Å². The number of aromatic nitrogens is 1. The van der Waals surface area contributed by atoms with Crippen molar-refractivity contribution in [2.24, 2.45) is 0 Å². The van der Waals surface area contributed by atoms with Crippen LogP contribution in [0.3, 0.4) is 0 Å². The van der Waals surface area contributed by atoms with Crippen molar-refractivity contribution in [1.82, 2.24) is 25.0 Å². The van der Waals surface area contributed by atoms with E-state index < -0.39 is 0 Å². The highest BCUT2D eigenvalue weighted by Crippen LogP contribution is 2.40. The number of piperazine rings is 1. The lowest BCUT2D eigenvalue weighted by atomic mass is 10.0. The van der Waals surface area contributed by atoms with Crippen molar-refractivity contribution in [2.45, 2.75) is 20.4 Å². The van der Waals surface area contributed by atoms with Crippen molar-refractivity contribution in [3.05, 3.63) is 106 Å². The van der Waals surface area contributed by atoms with Gasteiger partial charge in [0.1, 0.15) is 0 Å². The lowest BCUT2D eigenvalue weighted by Gasteiger charge is -2.32. The maximum atomic E-state index is 13.3. The van der Waals surface area contributed by atoms with Crippen molar-refractivity contribution in [2.75, 3.05) is 76.4 Å². The number of benzene rings is 3. The molecule has 2 aliphatic heterocycles. The molecule has 0 radical (unpaired) electrons. The number of aromatic amines is 1. The van der Waals surface area contributed by atoms with Crippen LogP contribution in [0.25, 0.3) is 11.6 Å². The average Bonchev–Trinajstić information content (AvgIpc) is 3.56. The van der Waals surface area contributed by atoms with Crippen molar-refractivity contribution in [3.8, 4) is 0 Å². The summed E-state index contributed by atoms with van der Waals surface area (Å²) >= 11 is 0. The van der Waals surface area contributed by atoms with E-state index in [2.05, 4.69) is 43.1 Å². The number of para-hydroxylation sites is 1. The lowest BCUT2D eigenvalue weighted by Crippen LogP contribution is -2.43. The number of aryl methyl sites for hydroxylation is 1. The van der Waals surface area contributed by atoms with Gasteiger partial charge in [-0.05, 0) is 88.6 Å². The highest BCUT2D eigenvalue weighted by atomic mass is 16.2. The van der Waals surface area contributed by atoms with Crippen LogP contribution >= 0.6 is 0 Å². The molecule has 5 N–H and O–H groups in total. The van der Waals surface area contributed by atoms with Gasteiger partial charge < -0.3 is 36.1 Å². The standard InChI is InChI=1S/C39H46N8O3/c1-25-34(41-26(2)35(25)39(50)40-16-17-45(3)4)23-32-31-10-7-11-33(36(31)44-38(32)49)42-29-8-6-9-30(22-29)43-37(48)28-14-12-27(13-15-28)24-47-20-18-46(5)19-21-47/h6-15,22-23,41-42H,16-21,24H2,1-5H3,(H,40,50)(H,43,48)(H,44,49). The van der Waals surface area contributed by atoms with Gasteiger partial charge in [-0.3, -0.25) is 19.3 Å². The first kappa shape index (κ1) is 34.6. The molecule has 0 aliphatic carbocycles. The first-order valence-electron chi connectivity index (χ1n) is 17.0. The zero-order valence-corrected chi connectivity index (χ0v) is 29.4. The molecular weight excluding hydrogens is 628 g/mol. The molecule has 0 atom stereocenters. The molecule has 1 fully saturated rings. The van der Waals surface area contributed by atoms with E-state index in [0.29, 0.717) is 40.3 Å². The van der Waals surface area contributed by atoms with E-state index in [9.17, 15) is 14.4 Å². The number of fused-ring (bicyclic) bond motifs is 1. The molecule has 0 unspecified atom stereocenters. The quantitative estimate of drug-likeness (QED) is 0.139. The molecule has 0 saturated carbocycles. The zero-order valence-electron chi connectivity index (χ0n) is 29.4. The molecule has 1 aromatic heterocycles. The van der Waals surface area contributed by atoms with Crippen LogP contribution in [0.5, 0.6) is 0 Å². The summed E-state index contributed by atoms with van der Waals surface area (Å²) in [6.45, 7) is 10.2. The number of carbonyl (C=O) groups excluding carboxylic acids is 3. The highest BCUT2D eigenvalue weighted by Gasteiger charge is 2.28. The van der Waals surface area contributed by atoms with Gasteiger partial charge in [0.15, 0.2) is 0 Å². The van der Waals surface area contributed by atoms with Crippen LogP contribution in [0.1, 0.15) is 48.8 Å². The Morgan fingerprint density at radius 2 is 1.64 bits per heavy atom. The minimum absolute atomic E-state index is 0.140. The second-order valence-electron chi connectivity index (χ2n) is 13.4. The third kappa shape index (κ3) is 7.97. The number of anilines is 4. The van der Waals surface area contributed by atoms with E-state index in [4.69, 9.17) is 0 Å². The monoisotopic (exact) mass is 674 g/mol. The fraction of sp³-hybridized carbons (Fsp3) is 0.308. The van der Waals surface area contributed by atoms with Gasteiger partial charge in [0.25, 0.3) is 17.7 Å². The first-order chi connectivity index (χ1) is 24.0. The van der Waals surface area contributed by atoms with E-state index in [1.54, 1.807) is 6.08 Å². The predicted molar refractivity (Wildman–Crippen MR) is 201 cm³/mol. The molecule has 0 bridgehead atoms. The van der Waals surface area contributed by atoms with Gasteiger partial charge in [-0.25, -0.2) is 0 Å². The van der Waals surface area contributed by atoms with Crippen molar-refractivity contribution in [1.29, 1.82) is 0 Å². The second kappa shape index (κ2) is 15.1. The Kier molecular flexibility index (Phi) is 10.5. The van der Waals surface area contributed by atoms with E-state index in [1.165, 1.54) is 5.56 Å². The molecule has 3 aromatic carbocycles. The molecule has 3 heterocycles. The smallest absolute Gasteiger partial charge is 0.256 e. The first-order valence-corrected chi connectivity index (χ1v) is 17.0. The van der Waals surface area contributed by atoms with Gasteiger partial charge in [0.05, 0.1) is 22.5 Å². The van der Waals surface area contributed by atoms with Crippen LogP contribution in [0.2, 0.25) is 0 Å². The summed E-state index contributed by atoms with van der Waals surface area (Å²) in [5.41, 5.74) is 8.67. The largest absolute Gasteiger partial charge is 0.358 e. The van der Waals surface area contributed by atoms with Gasteiger partial charge in [-0.2, -0.15) is 0 Å². The van der Waals surface area contributed by atoms with E-state index in [-0.39, 0.29) is 17.7 Å². The molecule has 2 aliphatic rings. The molecule has 1 saturated heterocycles. The number of likely N-dealkylation sites (N-methyl/N-ethyl adjacent to an activating group) is 2. The second-order valence-corrected chi connectivity index (χ2v) is 13.4. The molecule has 11 nitrogen and oxygen atoms in total. The van der Waals surface area contributed by atoms with Crippen LogP contribution in [0.4, 0.5) is 22.7 Å². The van der Waals surface area contributed by atoms with Crippen molar-refractivity contribution >= 4 is 52.1 Å². The fourth-order valence-corrected chi connectivity index (χ4v) is 6.41. The number of H-pyrrole nitrogens is 1. The molecular formula is C39H46N8O3. The number of carbonyl (C=O) groups is 3. The highest BCUT2D eigenvalue weighted by molar-refractivity contribution is 6.36. The molecule has 50 heavy (non-hydrogen) atoms. The Bertz CT molecular complexity index is 1920. The summed E-state index contributed by atoms with van der Waals surface area (Å²) in [4.78, 5) is 49.4. The van der Waals surface area contributed by atoms with Gasteiger partial charge >= 0.3 is 0 Å². The summed E-state index contributed by atoms with van der Waals surface area (Å²) in [5.74, 6) is -0.549. The predicted octanol–water partition coefficient (Wildman–Crippen LogP) is 5.16. The average molecular weight is 675 g/mol. The van der Waals surface area contributed by atoms with Crippen molar-refractivity contribution in [3.63, 3.8) is 0 Å².